The predicted molar refractivity (Wildman–Crippen MR) is 72.2 cm³/mol. The van der Waals surface area contributed by atoms with Crippen LogP contribution in [0.15, 0.2) is 16.7 Å². The molecule has 1 N–H and O–H groups in total. The van der Waals surface area contributed by atoms with Gasteiger partial charge in [-0.25, -0.2) is 4.98 Å². The summed E-state index contributed by atoms with van der Waals surface area (Å²) in [6, 6.07) is 2.52. The zero-order valence-corrected chi connectivity index (χ0v) is 11.7. The van der Waals surface area contributed by atoms with Gasteiger partial charge in [-0.1, -0.05) is 0 Å². The number of nitrogens with one attached hydrogen (secondary N) is 1. The number of hydrogen-bond donors (Lipinski definition) is 1. The summed E-state index contributed by atoms with van der Waals surface area (Å²) in [6.45, 7) is 2.08. The van der Waals surface area contributed by atoms with Crippen molar-refractivity contribution in [2.24, 2.45) is 0 Å². The first-order valence-corrected chi connectivity index (χ1v) is 6.91. The van der Waals surface area contributed by atoms with Crippen LogP contribution in [0, 0.1) is 6.92 Å². The van der Waals surface area contributed by atoms with E-state index in [1.807, 2.05) is 12.3 Å². The van der Waals surface area contributed by atoms with E-state index in [0.717, 1.165) is 36.0 Å². The van der Waals surface area contributed by atoms with Gasteiger partial charge in [0.15, 0.2) is 0 Å². The summed E-state index contributed by atoms with van der Waals surface area (Å²) in [6.07, 6.45) is 6.31. The van der Waals surface area contributed by atoms with Gasteiger partial charge in [-0.15, -0.1) is 11.6 Å². The highest BCUT2D eigenvalue weighted by Gasteiger charge is 2.20. The third-order valence-electron chi connectivity index (χ3n) is 3.08. The molecule has 1 aliphatic rings. The van der Waals surface area contributed by atoms with Gasteiger partial charge < -0.3 is 5.32 Å². The molecule has 4 heteroatoms. The van der Waals surface area contributed by atoms with Crippen LogP contribution in [0.4, 0.5) is 5.82 Å². The topological polar surface area (TPSA) is 24.9 Å². The van der Waals surface area contributed by atoms with Crippen LogP contribution in [0.2, 0.25) is 0 Å². The predicted octanol–water partition coefficient (Wildman–Crippen LogP) is 4.11. The molecule has 0 radical (unpaired) electrons. The molecule has 0 spiro atoms. The molecule has 0 aromatic carbocycles. The number of alkyl halides is 1. The molecule has 2 rings (SSSR count). The minimum absolute atomic E-state index is 0.368. The largest absolute Gasteiger partial charge is 0.366 e. The minimum Gasteiger partial charge on any atom is -0.366 e. The van der Waals surface area contributed by atoms with Crippen molar-refractivity contribution in [1.29, 1.82) is 0 Å². The first-order chi connectivity index (χ1) is 7.66. The zero-order chi connectivity index (χ0) is 11.5. The van der Waals surface area contributed by atoms with E-state index >= 15 is 0 Å². The molecule has 1 aliphatic carbocycles. The summed E-state index contributed by atoms with van der Waals surface area (Å²) in [7, 11) is 0. The maximum atomic E-state index is 6.09. The first-order valence-electron chi connectivity index (χ1n) is 5.68. The van der Waals surface area contributed by atoms with Crippen LogP contribution in [0.1, 0.15) is 31.2 Å². The van der Waals surface area contributed by atoms with Crippen molar-refractivity contribution in [3.63, 3.8) is 0 Å². The van der Waals surface area contributed by atoms with Crippen LogP contribution < -0.4 is 5.32 Å². The zero-order valence-electron chi connectivity index (χ0n) is 9.34. The molecule has 16 heavy (non-hydrogen) atoms. The quantitative estimate of drug-likeness (QED) is 0.832. The monoisotopic (exact) mass is 302 g/mol. The molecule has 0 aliphatic heterocycles. The number of pyridine rings is 1. The average Bonchev–Trinajstić information content (AvgIpc) is 2.28. The Balaban J connectivity index is 2.01. The van der Waals surface area contributed by atoms with Gasteiger partial charge >= 0.3 is 0 Å². The molecule has 0 atom stereocenters. The Labute approximate surface area is 110 Å². The van der Waals surface area contributed by atoms with Crippen LogP contribution in [0.5, 0.6) is 0 Å². The molecule has 0 amide bonds. The summed E-state index contributed by atoms with van der Waals surface area (Å²) >= 11 is 9.66. The van der Waals surface area contributed by atoms with E-state index in [9.17, 15) is 0 Å². The van der Waals surface area contributed by atoms with E-state index in [0.29, 0.717) is 11.4 Å². The molecule has 0 saturated heterocycles. The summed E-state index contributed by atoms with van der Waals surface area (Å²) in [5.74, 6) is 0.957. The fourth-order valence-electron chi connectivity index (χ4n) is 2.03. The third kappa shape index (κ3) is 2.89. The SMILES string of the molecule is Cc1ccnc(NC2CCC(Cl)CC2)c1Br. The summed E-state index contributed by atoms with van der Waals surface area (Å²) < 4.78 is 1.07. The molecule has 0 unspecified atom stereocenters. The van der Waals surface area contributed by atoms with Crippen LogP contribution >= 0.6 is 27.5 Å². The molecule has 2 nitrogen and oxygen atoms in total. The smallest absolute Gasteiger partial charge is 0.140 e. The highest BCUT2D eigenvalue weighted by Crippen LogP contribution is 2.28. The van der Waals surface area contributed by atoms with Gasteiger partial charge in [0.05, 0.1) is 4.47 Å². The Hall–Kier alpha value is -0.280. The minimum atomic E-state index is 0.368. The maximum absolute atomic E-state index is 6.09. The number of aryl methyl sites for hydroxylation is 1. The van der Waals surface area contributed by atoms with E-state index < -0.39 is 0 Å². The van der Waals surface area contributed by atoms with Gasteiger partial charge in [-0.3, -0.25) is 0 Å². The lowest BCUT2D eigenvalue weighted by atomic mass is 9.95. The van der Waals surface area contributed by atoms with Crippen LogP contribution in [0.3, 0.4) is 0 Å². The molecule has 1 heterocycles. The van der Waals surface area contributed by atoms with Gasteiger partial charge in [0.1, 0.15) is 5.82 Å². The fourth-order valence-corrected chi connectivity index (χ4v) is 2.63. The second-order valence-electron chi connectivity index (χ2n) is 4.38. The van der Waals surface area contributed by atoms with Crippen molar-refractivity contribution in [2.45, 2.75) is 44.0 Å². The Kier molecular flexibility index (Phi) is 4.09. The second kappa shape index (κ2) is 5.37. The van der Waals surface area contributed by atoms with Gasteiger partial charge in [0, 0.05) is 17.6 Å². The Bertz CT molecular complexity index is 362. The summed E-state index contributed by atoms with van der Waals surface area (Å²) in [4.78, 5) is 4.36. The van der Waals surface area contributed by atoms with E-state index in [-0.39, 0.29) is 0 Å². The fraction of sp³-hybridized carbons (Fsp3) is 0.583. The van der Waals surface area contributed by atoms with Crippen molar-refractivity contribution in [3.05, 3.63) is 22.3 Å². The second-order valence-corrected chi connectivity index (χ2v) is 5.79. The normalized spacial score (nSPS) is 25.4. The molecule has 1 aromatic heterocycles. The molecule has 1 fully saturated rings. The van der Waals surface area contributed by atoms with Gasteiger partial charge in [0.25, 0.3) is 0 Å². The number of hydrogen-bond acceptors (Lipinski definition) is 2. The number of anilines is 1. The molecule has 1 aromatic rings. The van der Waals surface area contributed by atoms with E-state index in [1.165, 1.54) is 5.56 Å². The van der Waals surface area contributed by atoms with Gasteiger partial charge in [-0.2, -0.15) is 0 Å². The van der Waals surface area contributed by atoms with Crippen LogP contribution in [0.25, 0.3) is 0 Å². The standard InChI is InChI=1S/C12H16BrClN2/c1-8-6-7-15-12(11(8)13)16-10-4-2-9(14)3-5-10/h6-7,9-10H,2-5H2,1H3,(H,15,16). The van der Waals surface area contributed by atoms with Crippen molar-refractivity contribution in [1.82, 2.24) is 4.98 Å². The van der Waals surface area contributed by atoms with Crippen molar-refractivity contribution >= 4 is 33.3 Å². The Morgan fingerprint density at radius 3 is 2.75 bits per heavy atom. The lowest BCUT2D eigenvalue weighted by Gasteiger charge is -2.26. The number of nitrogens with zero attached hydrogens (tertiary/aromatic N) is 1. The number of rotatable bonds is 2. The van der Waals surface area contributed by atoms with Crippen LogP contribution in [-0.4, -0.2) is 16.4 Å². The lowest BCUT2D eigenvalue weighted by molar-refractivity contribution is 0.467. The Morgan fingerprint density at radius 1 is 1.38 bits per heavy atom. The average molecular weight is 304 g/mol. The number of halogens is 2. The molecular weight excluding hydrogens is 288 g/mol. The van der Waals surface area contributed by atoms with E-state index in [4.69, 9.17) is 11.6 Å². The van der Waals surface area contributed by atoms with Crippen molar-refractivity contribution < 1.29 is 0 Å². The molecular formula is C12H16BrClN2. The molecule has 88 valence electrons. The highest BCUT2D eigenvalue weighted by atomic mass is 79.9. The lowest BCUT2D eigenvalue weighted by Crippen LogP contribution is -2.26. The van der Waals surface area contributed by atoms with Crippen LogP contribution in [-0.2, 0) is 0 Å². The molecule has 0 bridgehead atoms. The maximum Gasteiger partial charge on any atom is 0.140 e. The van der Waals surface area contributed by atoms with Crippen molar-refractivity contribution in [3.8, 4) is 0 Å². The van der Waals surface area contributed by atoms with Gasteiger partial charge in [0.2, 0.25) is 0 Å². The molecule has 1 saturated carbocycles. The summed E-state index contributed by atoms with van der Waals surface area (Å²) in [5.41, 5.74) is 1.21. The third-order valence-corrected chi connectivity index (χ3v) is 4.52. The van der Waals surface area contributed by atoms with Crippen molar-refractivity contribution in [2.75, 3.05) is 5.32 Å². The summed E-state index contributed by atoms with van der Waals surface area (Å²) in [5, 5.41) is 3.86. The van der Waals surface area contributed by atoms with E-state index in [1.54, 1.807) is 0 Å². The van der Waals surface area contributed by atoms with Gasteiger partial charge in [-0.05, 0) is 60.2 Å². The highest BCUT2D eigenvalue weighted by molar-refractivity contribution is 9.10. The number of aromatic nitrogens is 1. The van der Waals surface area contributed by atoms with E-state index in [2.05, 4.69) is 33.2 Å². The Morgan fingerprint density at radius 2 is 2.06 bits per heavy atom. The first kappa shape index (κ1) is 12.2.